The molecule has 1 aliphatic carbocycles. The Morgan fingerprint density at radius 2 is 2.00 bits per heavy atom. The van der Waals surface area contributed by atoms with Gasteiger partial charge in [-0.05, 0) is 25.2 Å². The molecule has 0 aromatic rings. The van der Waals surface area contributed by atoms with Crippen molar-refractivity contribution >= 4 is 6.41 Å². The zero-order chi connectivity index (χ0) is 7.68. The van der Waals surface area contributed by atoms with E-state index in [1.165, 1.54) is 32.1 Å². The highest BCUT2D eigenvalue weighted by molar-refractivity contribution is 5.48. The van der Waals surface area contributed by atoms with Crippen LogP contribution in [0, 0.1) is 5.92 Å². The van der Waals surface area contributed by atoms with Crippen molar-refractivity contribution in [1.29, 1.82) is 0 Å². The molecule has 2 nitrogen and oxygen atoms in total. The number of rotatable bonds is 1. The summed E-state index contributed by atoms with van der Waals surface area (Å²) in [7, 11) is 0. The van der Waals surface area contributed by atoms with Gasteiger partial charge in [0.15, 0.2) is 0 Å². The van der Waals surface area contributed by atoms with E-state index in [-0.39, 0.29) is 0 Å². The summed E-state index contributed by atoms with van der Waals surface area (Å²) < 4.78 is 0. The Morgan fingerprint density at radius 3 is 2.82 bits per heavy atom. The second-order valence-corrected chi connectivity index (χ2v) is 3.74. The van der Waals surface area contributed by atoms with E-state index in [0.717, 1.165) is 18.9 Å². The van der Waals surface area contributed by atoms with Crippen LogP contribution in [0.4, 0.5) is 0 Å². The second-order valence-electron chi connectivity index (χ2n) is 3.74. The quantitative estimate of drug-likeness (QED) is 0.521. The number of likely N-dealkylation sites (tertiary alicyclic amines) is 1. The Hall–Kier alpha value is -0.530. The molecule has 1 amide bonds. The molecule has 11 heavy (non-hydrogen) atoms. The molecule has 62 valence electrons. The Labute approximate surface area is 67.6 Å². The van der Waals surface area contributed by atoms with Crippen molar-refractivity contribution in [3.05, 3.63) is 0 Å². The lowest BCUT2D eigenvalue weighted by Crippen LogP contribution is -2.33. The molecule has 0 aromatic carbocycles. The van der Waals surface area contributed by atoms with Gasteiger partial charge >= 0.3 is 0 Å². The van der Waals surface area contributed by atoms with E-state index in [0.29, 0.717) is 6.04 Å². The number of amides is 1. The zero-order valence-electron chi connectivity index (χ0n) is 6.83. The molecule has 1 aliphatic heterocycles. The van der Waals surface area contributed by atoms with Crippen molar-refractivity contribution in [3.63, 3.8) is 0 Å². The van der Waals surface area contributed by atoms with Crippen molar-refractivity contribution in [1.82, 2.24) is 4.90 Å². The summed E-state index contributed by atoms with van der Waals surface area (Å²) in [5.74, 6) is 0.842. The van der Waals surface area contributed by atoms with Crippen LogP contribution in [-0.2, 0) is 4.79 Å². The SMILES string of the molecule is O=CN1CC[C@@H]2CCCC[C@@H]21. The molecule has 0 N–H and O–H groups in total. The highest BCUT2D eigenvalue weighted by atomic mass is 16.1. The van der Waals surface area contributed by atoms with Crippen molar-refractivity contribution in [3.8, 4) is 0 Å². The second kappa shape index (κ2) is 2.84. The average molecular weight is 153 g/mol. The first-order chi connectivity index (χ1) is 5.42. The number of carbonyl (C=O) groups is 1. The zero-order valence-corrected chi connectivity index (χ0v) is 6.83. The van der Waals surface area contributed by atoms with Gasteiger partial charge < -0.3 is 4.90 Å². The van der Waals surface area contributed by atoms with Crippen molar-refractivity contribution in [2.24, 2.45) is 5.92 Å². The minimum atomic E-state index is 0.612. The minimum absolute atomic E-state index is 0.612. The summed E-state index contributed by atoms with van der Waals surface area (Å²) >= 11 is 0. The molecule has 2 atom stereocenters. The topological polar surface area (TPSA) is 20.3 Å². The predicted molar refractivity (Wildman–Crippen MR) is 43.1 cm³/mol. The van der Waals surface area contributed by atoms with Crippen molar-refractivity contribution in [2.75, 3.05) is 6.54 Å². The smallest absolute Gasteiger partial charge is 0.209 e. The van der Waals surface area contributed by atoms with Crippen LogP contribution >= 0.6 is 0 Å². The maximum atomic E-state index is 10.6. The summed E-state index contributed by atoms with van der Waals surface area (Å²) in [4.78, 5) is 12.6. The normalized spacial score (nSPS) is 36.9. The molecule has 2 heteroatoms. The molecule has 2 fully saturated rings. The molecule has 0 spiro atoms. The van der Waals surface area contributed by atoms with Crippen LogP contribution in [0.1, 0.15) is 32.1 Å². The number of hydrogen-bond donors (Lipinski definition) is 0. The first-order valence-corrected chi connectivity index (χ1v) is 4.63. The summed E-state index contributed by atoms with van der Waals surface area (Å²) in [5, 5.41) is 0. The molecule has 0 radical (unpaired) electrons. The van der Waals surface area contributed by atoms with Crippen LogP contribution < -0.4 is 0 Å². The van der Waals surface area contributed by atoms with E-state index >= 15 is 0 Å². The molecule has 0 unspecified atom stereocenters. The van der Waals surface area contributed by atoms with E-state index in [4.69, 9.17) is 0 Å². The van der Waals surface area contributed by atoms with E-state index in [1.807, 2.05) is 4.90 Å². The third kappa shape index (κ3) is 1.15. The lowest BCUT2D eigenvalue weighted by Gasteiger charge is -2.28. The first kappa shape index (κ1) is 7.14. The molecule has 1 saturated carbocycles. The van der Waals surface area contributed by atoms with E-state index in [2.05, 4.69) is 0 Å². The van der Waals surface area contributed by atoms with Gasteiger partial charge in [0.1, 0.15) is 0 Å². The lowest BCUT2D eigenvalue weighted by molar-refractivity contribution is -0.119. The van der Waals surface area contributed by atoms with Crippen LogP contribution in [0.2, 0.25) is 0 Å². The van der Waals surface area contributed by atoms with Gasteiger partial charge in [0.05, 0.1) is 0 Å². The van der Waals surface area contributed by atoms with Gasteiger partial charge in [-0.2, -0.15) is 0 Å². The maximum absolute atomic E-state index is 10.6. The van der Waals surface area contributed by atoms with Crippen LogP contribution in [0.3, 0.4) is 0 Å². The Kier molecular flexibility index (Phi) is 1.84. The van der Waals surface area contributed by atoms with Crippen LogP contribution in [0.25, 0.3) is 0 Å². The third-order valence-electron chi connectivity index (χ3n) is 3.19. The fraction of sp³-hybridized carbons (Fsp3) is 0.889. The summed E-state index contributed by atoms with van der Waals surface area (Å²) in [5.41, 5.74) is 0. The largest absolute Gasteiger partial charge is 0.342 e. The fourth-order valence-corrected chi connectivity index (χ4v) is 2.57. The van der Waals surface area contributed by atoms with Crippen LogP contribution in [0.15, 0.2) is 0 Å². The number of hydrogen-bond acceptors (Lipinski definition) is 1. The van der Waals surface area contributed by atoms with E-state index in [9.17, 15) is 4.79 Å². The van der Waals surface area contributed by atoms with Gasteiger partial charge in [0.25, 0.3) is 0 Å². The van der Waals surface area contributed by atoms with E-state index in [1.54, 1.807) is 0 Å². The Morgan fingerprint density at radius 1 is 1.18 bits per heavy atom. The highest BCUT2D eigenvalue weighted by Crippen LogP contribution is 2.34. The monoisotopic (exact) mass is 153 g/mol. The fourth-order valence-electron chi connectivity index (χ4n) is 2.57. The Balaban J connectivity index is 2.03. The van der Waals surface area contributed by atoms with Gasteiger partial charge in [-0.15, -0.1) is 0 Å². The molecule has 1 saturated heterocycles. The van der Waals surface area contributed by atoms with Crippen LogP contribution in [0.5, 0.6) is 0 Å². The molecular formula is C9H15NO. The summed E-state index contributed by atoms with van der Waals surface area (Å²) in [6.45, 7) is 1.01. The van der Waals surface area contributed by atoms with Gasteiger partial charge in [-0.1, -0.05) is 12.8 Å². The lowest BCUT2D eigenvalue weighted by atomic mass is 9.85. The van der Waals surface area contributed by atoms with Gasteiger partial charge in [0, 0.05) is 12.6 Å². The summed E-state index contributed by atoms with van der Waals surface area (Å²) in [6.07, 6.45) is 7.61. The molecular weight excluding hydrogens is 138 g/mol. The van der Waals surface area contributed by atoms with Crippen LogP contribution in [-0.4, -0.2) is 23.9 Å². The van der Waals surface area contributed by atoms with E-state index < -0.39 is 0 Å². The van der Waals surface area contributed by atoms with Crippen molar-refractivity contribution in [2.45, 2.75) is 38.1 Å². The molecule has 1 heterocycles. The van der Waals surface area contributed by atoms with Crippen molar-refractivity contribution < 1.29 is 4.79 Å². The maximum Gasteiger partial charge on any atom is 0.209 e. The highest BCUT2D eigenvalue weighted by Gasteiger charge is 2.34. The molecule has 2 aliphatic rings. The van der Waals surface area contributed by atoms with Gasteiger partial charge in [-0.25, -0.2) is 0 Å². The minimum Gasteiger partial charge on any atom is -0.342 e. The molecule has 2 rings (SSSR count). The van der Waals surface area contributed by atoms with Gasteiger partial charge in [-0.3, -0.25) is 4.79 Å². The predicted octanol–water partition coefficient (Wildman–Crippen LogP) is 1.41. The number of nitrogens with zero attached hydrogens (tertiary/aromatic N) is 1. The van der Waals surface area contributed by atoms with Gasteiger partial charge in [0.2, 0.25) is 6.41 Å². The third-order valence-corrected chi connectivity index (χ3v) is 3.19. The summed E-state index contributed by atoms with van der Waals surface area (Å²) in [6, 6.07) is 0.612. The standard InChI is InChI=1S/C9H15NO/c11-7-10-6-5-8-3-1-2-4-9(8)10/h7-9H,1-6H2/t8-,9-/m0/s1. The number of carbonyl (C=O) groups excluding carboxylic acids is 1. The molecule has 0 aromatic heterocycles. The molecule has 0 bridgehead atoms. The Bertz CT molecular complexity index is 158. The number of fused-ring (bicyclic) bond motifs is 1. The average Bonchev–Trinajstić information content (AvgIpc) is 2.47. The first-order valence-electron chi connectivity index (χ1n) is 4.63.